The molecule has 0 saturated heterocycles. The third-order valence-corrected chi connectivity index (χ3v) is 3.26. The van der Waals surface area contributed by atoms with Crippen molar-refractivity contribution in [3.05, 3.63) is 56.3 Å². The van der Waals surface area contributed by atoms with Gasteiger partial charge in [-0.3, -0.25) is 0 Å². The summed E-state index contributed by atoms with van der Waals surface area (Å²) in [5.74, 6) is 0.538. The first kappa shape index (κ1) is 15.8. The van der Waals surface area contributed by atoms with E-state index in [1.807, 2.05) is 0 Å². The molecule has 0 atom stereocenters. The van der Waals surface area contributed by atoms with Gasteiger partial charge in [-0.05, 0) is 24.3 Å². The van der Waals surface area contributed by atoms with Gasteiger partial charge >= 0.3 is 5.96 Å². The van der Waals surface area contributed by atoms with Crippen molar-refractivity contribution in [2.24, 2.45) is 10.8 Å². The molecule has 0 aliphatic heterocycles. The highest BCUT2D eigenvalue weighted by molar-refractivity contribution is 6.43. The van der Waals surface area contributed by atoms with Gasteiger partial charge in [-0.15, -0.1) is 0 Å². The minimum atomic E-state index is -0.827. The molecule has 1 aromatic heterocycles. The normalized spacial score (nSPS) is 11.8. The Morgan fingerprint density at radius 1 is 1.41 bits per heavy atom. The zero-order valence-corrected chi connectivity index (χ0v) is 12.4. The number of hydrazine groups is 1. The van der Waals surface area contributed by atoms with Crippen molar-refractivity contribution in [3.8, 4) is 11.3 Å². The van der Waals surface area contributed by atoms with Crippen LogP contribution in [-0.4, -0.2) is 17.2 Å². The largest absolute Gasteiger partial charge is 0.450 e. The average Bonchev–Trinajstić information content (AvgIpc) is 2.89. The van der Waals surface area contributed by atoms with E-state index < -0.39 is 11.0 Å². The Hall–Kier alpha value is -2.58. The molecular weight excluding hydrogens is 333 g/mol. The fraction of sp³-hybridized carbons (Fsp3) is 0. The van der Waals surface area contributed by atoms with Crippen LogP contribution in [0, 0.1) is 10.1 Å². The maximum Gasteiger partial charge on any atom is 0.319 e. The van der Waals surface area contributed by atoms with Crippen LogP contribution >= 0.6 is 23.2 Å². The summed E-state index contributed by atoms with van der Waals surface area (Å²) in [6.45, 7) is 0. The minimum absolute atomic E-state index is 0.385. The molecule has 8 nitrogen and oxygen atoms in total. The van der Waals surface area contributed by atoms with E-state index in [4.69, 9.17) is 33.4 Å². The van der Waals surface area contributed by atoms with Gasteiger partial charge in [0.05, 0.1) is 10.0 Å². The summed E-state index contributed by atoms with van der Waals surface area (Å²) in [5.41, 5.74) is 7.55. The highest BCUT2D eigenvalue weighted by atomic mass is 35.5. The van der Waals surface area contributed by atoms with Crippen LogP contribution < -0.4 is 16.3 Å². The summed E-state index contributed by atoms with van der Waals surface area (Å²) < 4.78 is 5.54. The Kier molecular flexibility index (Phi) is 4.97. The molecule has 22 heavy (non-hydrogen) atoms. The Morgan fingerprint density at radius 2 is 2.18 bits per heavy atom. The van der Waals surface area contributed by atoms with E-state index in [1.54, 1.807) is 35.8 Å². The molecule has 0 radical (unpaired) electrons. The van der Waals surface area contributed by atoms with Gasteiger partial charge in [-0.25, -0.2) is 10.1 Å². The Bertz CT molecular complexity index is 757. The molecule has 0 bridgehead atoms. The second-order valence-corrected chi connectivity index (χ2v) is 4.73. The van der Waals surface area contributed by atoms with Crippen LogP contribution in [0.3, 0.4) is 0 Å². The maximum atomic E-state index is 10.1. The van der Waals surface area contributed by atoms with Gasteiger partial charge in [0.25, 0.3) is 0 Å². The molecule has 0 aliphatic rings. The minimum Gasteiger partial charge on any atom is -0.450 e. The van der Waals surface area contributed by atoms with E-state index >= 15 is 0 Å². The number of hydrazone groups is 1. The number of nitrogens with one attached hydrogen (secondary N) is 2. The van der Waals surface area contributed by atoms with Crippen molar-refractivity contribution >= 4 is 35.4 Å². The van der Waals surface area contributed by atoms with Gasteiger partial charge < -0.3 is 10.2 Å². The van der Waals surface area contributed by atoms with E-state index in [0.29, 0.717) is 27.1 Å². The molecule has 0 unspecified atom stereocenters. The lowest BCUT2D eigenvalue weighted by molar-refractivity contribution is -0.528. The number of hydrogen-bond donors (Lipinski definition) is 3. The number of hydrogen-bond acceptors (Lipinski definition) is 4. The van der Waals surface area contributed by atoms with E-state index in [0.717, 1.165) is 0 Å². The first-order valence-corrected chi connectivity index (χ1v) is 6.60. The molecule has 114 valence electrons. The lowest BCUT2D eigenvalue weighted by atomic mass is 10.2. The third-order valence-electron chi connectivity index (χ3n) is 2.44. The lowest BCUT2D eigenvalue weighted by Gasteiger charge is -2.01. The third kappa shape index (κ3) is 3.96. The van der Waals surface area contributed by atoms with Gasteiger partial charge in [0.1, 0.15) is 5.76 Å². The topological polar surface area (TPSA) is 121 Å². The quantitative estimate of drug-likeness (QED) is 0.328. The van der Waals surface area contributed by atoms with Crippen molar-refractivity contribution in [1.82, 2.24) is 5.43 Å². The molecule has 1 aromatic carbocycles. The molecular formula is C12H10Cl2N5O3+. The number of nitrogens with two attached hydrogens (primary N) is 1. The summed E-state index contributed by atoms with van der Waals surface area (Å²) in [6.07, 6.45) is 1.37. The summed E-state index contributed by atoms with van der Waals surface area (Å²) in [7, 11) is 0. The van der Waals surface area contributed by atoms with Crippen LogP contribution in [0.2, 0.25) is 10.0 Å². The number of halogens is 2. The number of rotatable bonds is 4. The fourth-order valence-electron chi connectivity index (χ4n) is 1.55. The van der Waals surface area contributed by atoms with Gasteiger partial charge in [-0.1, -0.05) is 39.8 Å². The van der Waals surface area contributed by atoms with E-state index in [-0.39, 0.29) is 0 Å². The van der Waals surface area contributed by atoms with E-state index in [2.05, 4.69) is 10.2 Å². The van der Waals surface area contributed by atoms with Crippen LogP contribution in [0.1, 0.15) is 5.76 Å². The highest BCUT2D eigenvalue weighted by Gasteiger charge is 2.11. The summed E-state index contributed by atoms with van der Waals surface area (Å²) in [6, 6.07) is 8.55. The van der Waals surface area contributed by atoms with Crippen LogP contribution in [0.25, 0.3) is 11.3 Å². The zero-order chi connectivity index (χ0) is 16.1. The first-order chi connectivity index (χ1) is 10.5. The lowest BCUT2D eigenvalue weighted by Crippen LogP contribution is -2.64. The zero-order valence-electron chi connectivity index (χ0n) is 10.9. The van der Waals surface area contributed by atoms with Crippen molar-refractivity contribution in [2.45, 2.75) is 0 Å². The molecule has 4 N–H and O–H groups in total. The maximum absolute atomic E-state index is 10.1. The van der Waals surface area contributed by atoms with Crippen LogP contribution in [0.5, 0.6) is 0 Å². The Balaban J connectivity index is 2.15. The van der Waals surface area contributed by atoms with Crippen molar-refractivity contribution in [1.29, 1.82) is 0 Å². The summed E-state index contributed by atoms with van der Waals surface area (Å²) >= 11 is 12.0. The number of nitro groups is 1. The molecule has 1 heterocycles. The molecule has 0 amide bonds. The number of nitrogens with zero attached hydrogens (tertiary/aromatic N) is 2. The van der Waals surface area contributed by atoms with Crippen LogP contribution in [0.4, 0.5) is 0 Å². The summed E-state index contributed by atoms with van der Waals surface area (Å²) in [5, 5.41) is 16.0. The predicted octanol–water partition coefficient (Wildman–Crippen LogP) is 0.764. The van der Waals surface area contributed by atoms with Crippen molar-refractivity contribution in [2.75, 3.05) is 0 Å². The number of furan rings is 1. The van der Waals surface area contributed by atoms with Gasteiger partial charge in [0.15, 0.2) is 10.8 Å². The van der Waals surface area contributed by atoms with E-state index in [1.165, 1.54) is 6.21 Å². The van der Waals surface area contributed by atoms with Crippen LogP contribution in [0.15, 0.2) is 39.9 Å². The Morgan fingerprint density at radius 3 is 2.91 bits per heavy atom. The molecule has 2 aromatic rings. The SMILES string of the molecule is NC(=N[NH+]=Cc1ccc(-c2cccc(Cl)c2Cl)o1)N[N+](=O)[O-]. The first-order valence-electron chi connectivity index (χ1n) is 5.84. The van der Waals surface area contributed by atoms with Gasteiger partial charge in [-0.2, -0.15) is 0 Å². The Labute approximate surface area is 134 Å². The van der Waals surface area contributed by atoms with E-state index in [9.17, 15) is 10.1 Å². The van der Waals surface area contributed by atoms with Gasteiger partial charge in [0, 0.05) is 10.7 Å². The highest BCUT2D eigenvalue weighted by Crippen LogP contribution is 2.33. The molecule has 0 aliphatic carbocycles. The molecule has 0 fully saturated rings. The monoisotopic (exact) mass is 342 g/mol. The summed E-state index contributed by atoms with van der Waals surface area (Å²) in [4.78, 5) is 10.1. The second-order valence-electron chi connectivity index (χ2n) is 3.94. The number of guanidine groups is 1. The van der Waals surface area contributed by atoms with Crippen LogP contribution in [-0.2, 0) is 0 Å². The van der Waals surface area contributed by atoms with Crippen molar-refractivity contribution in [3.63, 3.8) is 0 Å². The van der Waals surface area contributed by atoms with Crippen molar-refractivity contribution < 1.29 is 14.6 Å². The molecule has 0 spiro atoms. The molecule has 2 rings (SSSR count). The molecule has 0 saturated carbocycles. The number of benzene rings is 1. The van der Waals surface area contributed by atoms with Gasteiger partial charge in [0.2, 0.25) is 6.21 Å². The smallest absolute Gasteiger partial charge is 0.319 e. The predicted molar refractivity (Wildman–Crippen MR) is 82.0 cm³/mol. The average molecular weight is 343 g/mol. The standard InChI is InChI=1S/C12H9Cl2N5O3/c13-9-3-1-2-8(11(9)14)10-5-4-7(22-10)6-16-17-12(15)18-19(20)21/h1-6H,(H3,15,17,18)/p+1. The second kappa shape index (κ2) is 6.92. The fourth-order valence-corrected chi connectivity index (χ4v) is 1.95. The molecule has 10 heteroatoms.